The molecule has 0 saturated carbocycles. The van der Waals surface area contributed by atoms with Crippen LogP contribution >= 0.6 is 11.6 Å². The van der Waals surface area contributed by atoms with Crippen LogP contribution in [0.4, 0.5) is 10.1 Å². The number of anilines is 1. The van der Waals surface area contributed by atoms with Crippen molar-refractivity contribution in [1.82, 2.24) is 0 Å². The average molecular weight is 305 g/mol. The van der Waals surface area contributed by atoms with E-state index in [-0.39, 0.29) is 17.2 Å². The van der Waals surface area contributed by atoms with Crippen molar-refractivity contribution in [3.05, 3.63) is 58.9 Å². The molecule has 0 aliphatic carbocycles. The molecule has 0 heterocycles. The van der Waals surface area contributed by atoms with Crippen LogP contribution in [0.25, 0.3) is 0 Å². The van der Waals surface area contributed by atoms with Crippen LogP contribution in [0, 0.1) is 17.1 Å². The number of rotatable bonds is 4. The smallest absolute Gasteiger partial charge is 0.257 e. The van der Waals surface area contributed by atoms with E-state index in [0.717, 1.165) is 6.07 Å². The van der Waals surface area contributed by atoms with Gasteiger partial charge in [0.25, 0.3) is 5.91 Å². The number of halogens is 2. The average Bonchev–Trinajstić information content (AvgIpc) is 2.46. The first kappa shape index (κ1) is 14.8. The van der Waals surface area contributed by atoms with E-state index in [1.807, 2.05) is 6.07 Å². The Morgan fingerprint density at radius 2 is 2.00 bits per heavy atom. The molecule has 0 fully saturated rings. The first-order valence-corrected chi connectivity index (χ1v) is 6.34. The van der Waals surface area contributed by atoms with Gasteiger partial charge in [-0.2, -0.15) is 5.26 Å². The van der Waals surface area contributed by atoms with Crippen LogP contribution < -0.4 is 10.1 Å². The minimum atomic E-state index is -0.504. The zero-order chi connectivity index (χ0) is 15.2. The van der Waals surface area contributed by atoms with Crippen LogP contribution in [0.3, 0.4) is 0 Å². The zero-order valence-electron chi connectivity index (χ0n) is 10.8. The van der Waals surface area contributed by atoms with Crippen molar-refractivity contribution in [3.63, 3.8) is 0 Å². The first-order valence-electron chi connectivity index (χ1n) is 5.96. The Hall–Kier alpha value is -2.58. The maximum Gasteiger partial charge on any atom is 0.257 e. The Bertz CT molecular complexity index is 696. The molecule has 0 spiro atoms. The number of nitrogens with one attached hydrogen (secondary N) is 1. The van der Waals surface area contributed by atoms with Gasteiger partial charge in [-0.15, -0.1) is 0 Å². The Kier molecular flexibility index (Phi) is 4.75. The summed E-state index contributed by atoms with van der Waals surface area (Å²) < 4.78 is 18.0. The molecule has 0 radical (unpaired) electrons. The predicted molar refractivity (Wildman–Crippen MR) is 76.9 cm³/mol. The normalized spacial score (nSPS) is 9.76. The molecule has 0 aromatic heterocycles. The summed E-state index contributed by atoms with van der Waals surface area (Å²) in [6, 6.07) is 11.9. The van der Waals surface area contributed by atoms with Crippen molar-refractivity contribution in [1.29, 1.82) is 5.26 Å². The third-order valence-electron chi connectivity index (χ3n) is 2.59. The molecule has 2 rings (SSSR count). The van der Waals surface area contributed by atoms with Gasteiger partial charge in [0.05, 0.1) is 10.6 Å². The maximum absolute atomic E-state index is 12.9. The van der Waals surface area contributed by atoms with Crippen LogP contribution in [0.2, 0.25) is 5.02 Å². The van der Waals surface area contributed by atoms with Crippen molar-refractivity contribution < 1.29 is 13.9 Å². The maximum atomic E-state index is 12.9. The minimum absolute atomic E-state index is 0.0430. The third-order valence-corrected chi connectivity index (χ3v) is 2.90. The SMILES string of the molecule is N#CCOc1ccc(NC(=O)c2ccc(F)cc2Cl)cc1. The number of hydrogen-bond donors (Lipinski definition) is 1. The second kappa shape index (κ2) is 6.73. The van der Waals surface area contributed by atoms with Crippen molar-refractivity contribution in [3.8, 4) is 11.8 Å². The number of nitrogens with zero attached hydrogens (tertiary/aromatic N) is 1. The van der Waals surface area contributed by atoms with Crippen molar-refractivity contribution in [2.24, 2.45) is 0 Å². The van der Waals surface area contributed by atoms with E-state index in [1.165, 1.54) is 12.1 Å². The number of ether oxygens (including phenoxy) is 1. The molecule has 4 nitrogen and oxygen atoms in total. The standard InChI is InChI=1S/C15H10ClFN2O2/c16-14-9-10(17)1-6-13(14)15(20)19-11-2-4-12(5-3-11)21-8-7-18/h1-6,9H,8H2,(H,19,20). The van der Waals surface area contributed by atoms with E-state index in [1.54, 1.807) is 24.3 Å². The lowest BCUT2D eigenvalue weighted by Crippen LogP contribution is -2.12. The Labute approximate surface area is 125 Å². The predicted octanol–water partition coefficient (Wildman–Crippen LogP) is 3.63. The van der Waals surface area contributed by atoms with Crippen LogP contribution in [0.15, 0.2) is 42.5 Å². The van der Waals surface area contributed by atoms with Crippen LogP contribution in [-0.4, -0.2) is 12.5 Å². The fraction of sp³-hybridized carbons (Fsp3) is 0.0667. The van der Waals surface area contributed by atoms with E-state index >= 15 is 0 Å². The molecule has 0 saturated heterocycles. The van der Waals surface area contributed by atoms with Crippen LogP contribution in [0.5, 0.6) is 5.75 Å². The lowest BCUT2D eigenvalue weighted by molar-refractivity contribution is 0.102. The second-order valence-electron chi connectivity index (χ2n) is 4.05. The van der Waals surface area contributed by atoms with E-state index in [2.05, 4.69) is 5.32 Å². The van der Waals surface area contributed by atoms with E-state index in [0.29, 0.717) is 11.4 Å². The summed E-state index contributed by atoms with van der Waals surface area (Å²) in [5, 5.41) is 11.1. The van der Waals surface area contributed by atoms with Crippen LogP contribution in [-0.2, 0) is 0 Å². The highest BCUT2D eigenvalue weighted by Gasteiger charge is 2.11. The van der Waals surface area contributed by atoms with Gasteiger partial charge < -0.3 is 10.1 Å². The molecule has 0 unspecified atom stereocenters. The number of carbonyl (C=O) groups is 1. The summed E-state index contributed by atoms with van der Waals surface area (Å²) in [6.45, 7) is -0.0447. The summed E-state index contributed by atoms with van der Waals surface area (Å²) >= 11 is 5.82. The van der Waals surface area contributed by atoms with Crippen molar-refractivity contribution in [2.75, 3.05) is 11.9 Å². The van der Waals surface area contributed by atoms with E-state index in [4.69, 9.17) is 21.6 Å². The molecule has 0 aliphatic rings. The van der Waals surface area contributed by atoms with E-state index < -0.39 is 11.7 Å². The second-order valence-corrected chi connectivity index (χ2v) is 4.46. The fourth-order valence-corrected chi connectivity index (χ4v) is 1.88. The Morgan fingerprint density at radius 3 is 2.62 bits per heavy atom. The molecule has 1 amide bonds. The molecule has 21 heavy (non-hydrogen) atoms. The summed E-state index contributed by atoms with van der Waals surface area (Å²) in [7, 11) is 0. The summed E-state index contributed by atoms with van der Waals surface area (Å²) in [5.74, 6) is -0.421. The van der Waals surface area contributed by atoms with Gasteiger partial charge in [0, 0.05) is 5.69 Å². The summed E-state index contributed by atoms with van der Waals surface area (Å²) in [5.41, 5.74) is 0.715. The van der Waals surface area contributed by atoms with Gasteiger partial charge in [-0.05, 0) is 42.5 Å². The van der Waals surface area contributed by atoms with Crippen LogP contribution in [0.1, 0.15) is 10.4 Å². The number of carbonyl (C=O) groups excluding carboxylic acids is 1. The van der Waals surface area contributed by atoms with Gasteiger partial charge in [-0.25, -0.2) is 4.39 Å². The topological polar surface area (TPSA) is 62.1 Å². The van der Waals surface area contributed by atoms with Crippen molar-refractivity contribution >= 4 is 23.2 Å². The Balaban J connectivity index is 2.07. The first-order chi connectivity index (χ1) is 10.1. The third kappa shape index (κ3) is 3.94. The molecular weight excluding hydrogens is 295 g/mol. The largest absolute Gasteiger partial charge is 0.479 e. The Morgan fingerprint density at radius 1 is 1.29 bits per heavy atom. The van der Waals surface area contributed by atoms with Gasteiger partial charge in [0.2, 0.25) is 0 Å². The molecule has 0 bridgehead atoms. The quantitative estimate of drug-likeness (QED) is 0.938. The van der Waals surface area contributed by atoms with E-state index in [9.17, 15) is 9.18 Å². The molecule has 6 heteroatoms. The zero-order valence-corrected chi connectivity index (χ0v) is 11.5. The van der Waals surface area contributed by atoms with Gasteiger partial charge >= 0.3 is 0 Å². The highest BCUT2D eigenvalue weighted by molar-refractivity contribution is 6.34. The molecule has 2 aromatic carbocycles. The molecule has 0 atom stereocenters. The number of benzene rings is 2. The van der Waals surface area contributed by atoms with Gasteiger partial charge in [0.1, 0.15) is 17.6 Å². The number of hydrogen-bond acceptors (Lipinski definition) is 3. The summed E-state index contributed by atoms with van der Waals surface area (Å²) in [4.78, 5) is 12.0. The molecule has 0 aliphatic heterocycles. The highest BCUT2D eigenvalue weighted by atomic mass is 35.5. The number of amides is 1. The summed E-state index contributed by atoms with van der Waals surface area (Å²) in [6.07, 6.45) is 0. The van der Waals surface area contributed by atoms with Gasteiger partial charge in [0.15, 0.2) is 6.61 Å². The lowest BCUT2D eigenvalue weighted by Gasteiger charge is -2.08. The minimum Gasteiger partial charge on any atom is -0.479 e. The molecule has 1 N–H and O–H groups in total. The fourth-order valence-electron chi connectivity index (χ4n) is 1.62. The van der Waals surface area contributed by atoms with Crippen molar-refractivity contribution in [2.45, 2.75) is 0 Å². The molecular formula is C15H10ClFN2O2. The highest BCUT2D eigenvalue weighted by Crippen LogP contribution is 2.20. The molecule has 2 aromatic rings. The van der Waals surface area contributed by atoms with Gasteiger partial charge in [-0.3, -0.25) is 4.79 Å². The molecule has 106 valence electrons. The number of nitriles is 1. The lowest BCUT2D eigenvalue weighted by atomic mass is 10.2. The van der Waals surface area contributed by atoms with Gasteiger partial charge in [-0.1, -0.05) is 11.6 Å². The monoisotopic (exact) mass is 304 g/mol.